The number of aryl methyl sites for hydroxylation is 1. The molecule has 3 heteroatoms. The van der Waals surface area contributed by atoms with Gasteiger partial charge in [-0.05, 0) is 35.2 Å². The predicted molar refractivity (Wildman–Crippen MR) is 61.0 cm³/mol. The van der Waals surface area contributed by atoms with Crippen molar-refractivity contribution >= 4 is 11.6 Å². The van der Waals surface area contributed by atoms with Crippen LogP contribution in [0.3, 0.4) is 0 Å². The Kier molecular flexibility index (Phi) is 2.97. The Labute approximate surface area is 94.0 Å². The van der Waals surface area contributed by atoms with E-state index in [1.165, 1.54) is 11.1 Å². The van der Waals surface area contributed by atoms with E-state index in [1.807, 2.05) is 12.1 Å². The van der Waals surface area contributed by atoms with Crippen LogP contribution in [0.25, 0.3) is 0 Å². The fraction of sp³-hybridized carbons (Fsp3) is 0.167. The molecule has 0 fully saturated rings. The van der Waals surface area contributed by atoms with Crippen LogP contribution in [0.2, 0.25) is 5.28 Å². The van der Waals surface area contributed by atoms with Crippen LogP contribution in [0, 0.1) is 6.92 Å². The summed E-state index contributed by atoms with van der Waals surface area (Å²) in [4.78, 5) is 7.92. The normalized spacial score (nSPS) is 10.3. The molecule has 2 nitrogen and oxygen atoms in total. The molecule has 0 aliphatic carbocycles. The third-order valence-corrected chi connectivity index (χ3v) is 2.52. The van der Waals surface area contributed by atoms with Gasteiger partial charge in [-0.3, -0.25) is 0 Å². The van der Waals surface area contributed by atoms with E-state index in [9.17, 15) is 0 Å². The average Bonchev–Trinajstić information content (AvgIpc) is 2.25. The first kappa shape index (κ1) is 10.1. The van der Waals surface area contributed by atoms with Crippen LogP contribution in [0.4, 0.5) is 0 Å². The summed E-state index contributed by atoms with van der Waals surface area (Å²) >= 11 is 5.62. The first-order chi connectivity index (χ1) is 7.25. The van der Waals surface area contributed by atoms with Crippen LogP contribution < -0.4 is 0 Å². The minimum atomic E-state index is 0.295. The first-order valence-corrected chi connectivity index (χ1v) is 5.14. The zero-order valence-electron chi connectivity index (χ0n) is 8.44. The predicted octanol–water partition coefficient (Wildman–Crippen LogP) is 3.03. The van der Waals surface area contributed by atoms with Gasteiger partial charge in [0.2, 0.25) is 5.28 Å². The van der Waals surface area contributed by atoms with Crippen molar-refractivity contribution < 1.29 is 0 Å². The maximum Gasteiger partial charge on any atom is 0.222 e. The van der Waals surface area contributed by atoms with Gasteiger partial charge < -0.3 is 0 Å². The molecular formula is C12H11ClN2. The van der Waals surface area contributed by atoms with Crippen LogP contribution >= 0.6 is 11.6 Å². The highest BCUT2D eigenvalue weighted by Crippen LogP contribution is 2.12. The highest BCUT2D eigenvalue weighted by atomic mass is 35.5. The Morgan fingerprint density at radius 2 is 1.80 bits per heavy atom. The number of aromatic nitrogens is 2. The van der Waals surface area contributed by atoms with Crippen molar-refractivity contribution in [1.82, 2.24) is 9.97 Å². The van der Waals surface area contributed by atoms with Gasteiger partial charge in [0.05, 0.1) is 0 Å². The molecule has 0 radical (unpaired) electrons. The molecule has 0 saturated heterocycles. The minimum absolute atomic E-state index is 0.295. The summed E-state index contributed by atoms with van der Waals surface area (Å²) in [6.45, 7) is 2.10. The number of benzene rings is 1. The smallest absolute Gasteiger partial charge is 0.222 e. The summed E-state index contributed by atoms with van der Waals surface area (Å²) in [6, 6.07) is 8.30. The fourth-order valence-electron chi connectivity index (χ4n) is 1.46. The van der Waals surface area contributed by atoms with Crippen LogP contribution in [-0.2, 0) is 6.42 Å². The Morgan fingerprint density at radius 3 is 2.47 bits per heavy atom. The maximum absolute atomic E-state index is 5.62. The molecule has 0 N–H and O–H groups in total. The van der Waals surface area contributed by atoms with E-state index in [4.69, 9.17) is 11.6 Å². The summed E-state index contributed by atoms with van der Waals surface area (Å²) in [5.41, 5.74) is 3.66. The highest BCUT2D eigenvalue weighted by Gasteiger charge is 2.00. The van der Waals surface area contributed by atoms with Crippen molar-refractivity contribution in [3.63, 3.8) is 0 Å². The Morgan fingerprint density at radius 1 is 1.13 bits per heavy atom. The topological polar surface area (TPSA) is 25.8 Å². The van der Waals surface area contributed by atoms with E-state index in [0.29, 0.717) is 5.28 Å². The molecule has 0 aliphatic rings. The van der Waals surface area contributed by atoms with Gasteiger partial charge in [0.25, 0.3) is 0 Å². The average molecular weight is 219 g/mol. The molecule has 2 aromatic rings. The lowest BCUT2D eigenvalue weighted by Crippen LogP contribution is -1.93. The Hall–Kier alpha value is -1.41. The van der Waals surface area contributed by atoms with Crippen molar-refractivity contribution in [2.75, 3.05) is 0 Å². The maximum atomic E-state index is 5.62. The van der Waals surface area contributed by atoms with Crippen LogP contribution in [0.1, 0.15) is 16.7 Å². The van der Waals surface area contributed by atoms with Gasteiger partial charge in [-0.2, -0.15) is 0 Å². The molecule has 76 valence electrons. The van der Waals surface area contributed by atoms with E-state index < -0.39 is 0 Å². The Balaban J connectivity index is 2.22. The summed E-state index contributed by atoms with van der Waals surface area (Å²) in [5.74, 6) is 0. The van der Waals surface area contributed by atoms with E-state index >= 15 is 0 Å². The quantitative estimate of drug-likeness (QED) is 0.725. The van der Waals surface area contributed by atoms with Gasteiger partial charge in [-0.1, -0.05) is 24.3 Å². The molecule has 0 aliphatic heterocycles. The first-order valence-electron chi connectivity index (χ1n) is 4.76. The third-order valence-electron chi connectivity index (χ3n) is 2.33. The van der Waals surface area contributed by atoms with E-state index in [1.54, 1.807) is 12.4 Å². The standard InChI is InChI=1S/C12H11ClN2/c1-9-4-2-3-5-11(9)6-10-7-14-12(13)15-8-10/h2-5,7-8H,6H2,1H3. The molecule has 1 heterocycles. The Bertz CT molecular complexity index is 451. The molecule has 15 heavy (non-hydrogen) atoms. The molecule has 0 atom stereocenters. The van der Waals surface area contributed by atoms with Gasteiger partial charge in [0.15, 0.2) is 0 Å². The molecule has 2 rings (SSSR count). The van der Waals surface area contributed by atoms with Crippen molar-refractivity contribution in [3.8, 4) is 0 Å². The van der Waals surface area contributed by atoms with Gasteiger partial charge in [-0.25, -0.2) is 9.97 Å². The van der Waals surface area contributed by atoms with Crippen LogP contribution in [0.5, 0.6) is 0 Å². The summed E-state index contributed by atoms with van der Waals surface area (Å²) in [5, 5.41) is 0.295. The fourth-order valence-corrected chi connectivity index (χ4v) is 1.56. The molecule has 1 aromatic heterocycles. The second-order valence-corrected chi connectivity index (χ2v) is 3.80. The van der Waals surface area contributed by atoms with E-state index in [2.05, 4.69) is 29.0 Å². The van der Waals surface area contributed by atoms with Crippen molar-refractivity contribution in [3.05, 3.63) is 58.6 Å². The largest absolute Gasteiger partial charge is 0.226 e. The van der Waals surface area contributed by atoms with Crippen LogP contribution in [-0.4, -0.2) is 9.97 Å². The van der Waals surface area contributed by atoms with Crippen molar-refractivity contribution in [2.24, 2.45) is 0 Å². The SMILES string of the molecule is Cc1ccccc1Cc1cnc(Cl)nc1. The van der Waals surface area contributed by atoms with E-state index in [-0.39, 0.29) is 0 Å². The van der Waals surface area contributed by atoms with Gasteiger partial charge in [0, 0.05) is 18.8 Å². The summed E-state index contributed by atoms with van der Waals surface area (Å²) < 4.78 is 0. The zero-order valence-corrected chi connectivity index (χ0v) is 9.20. The summed E-state index contributed by atoms with van der Waals surface area (Å²) in [6.07, 6.45) is 4.38. The lowest BCUT2D eigenvalue weighted by atomic mass is 10.0. The third kappa shape index (κ3) is 2.54. The zero-order chi connectivity index (χ0) is 10.7. The van der Waals surface area contributed by atoms with Gasteiger partial charge >= 0.3 is 0 Å². The molecular weight excluding hydrogens is 208 g/mol. The van der Waals surface area contributed by atoms with Crippen LogP contribution in [0.15, 0.2) is 36.7 Å². The monoisotopic (exact) mass is 218 g/mol. The summed E-state index contributed by atoms with van der Waals surface area (Å²) in [7, 11) is 0. The van der Waals surface area contributed by atoms with Crippen molar-refractivity contribution in [1.29, 1.82) is 0 Å². The van der Waals surface area contributed by atoms with Gasteiger partial charge in [0.1, 0.15) is 0 Å². The molecule has 0 saturated carbocycles. The molecule has 0 unspecified atom stereocenters. The van der Waals surface area contributed by atoms with Gasteiger partial charge in [-0.15, -0.1) is 0 Å². The van der Waals surface area contributed by atoms with E-state index in [0.717, 1.165) is 12.0 Å². The molecule has 0 amide bonds. The molecule has 0 bridgehead atoms. The molecule has 0 spiro atoms. The number of hydrogen-bond acceptors (Lipinski definition) is 2. The number of rotatable bonds is 2. The number of hydrogen-bond donors (Lipinski definition) is 0. The lowest BCUT2D eigenvalue weighted by Gasteiger charge is -2.04. The number of halogens is 1. The lowest BCUT2D eigenvalue weighted by molar-refractivity contribution is 1.06. The second kappa shape index (κ2) is 4.41. The minimum Gasteiger partial charge on any atom is -0.226 e. The molecule has 1 aromatic carbocycles. The number of nitrogens with zero attached hydrogens (tertiary/aromatic N) is 2. The van der Waals surface area contributed by atoms with Crippen molar-refractivity contribution in [2.45, 2.75) is 13.3 Å². The second-order valence-electron chi connectivity index (χ2n) is 3.46. The highest BCUT2D eigenvalue weighted by molar-refractivity contribution is 6.28.